The first-order valence-corrected chi connectivity index (χ1v) is 9.27. The molecule has 0 saturated carbocycles. The normalized spacial score (nSPS) is 12.8. The quantitative estimate of drug-likeness (QED) is 0.773. The van der Waals surface area contributed by atoms with Gasteiger partial charge < -0.3 is 4.74 Å². The molecule has 23 heavy (non-hydrogen) atoms. The van der Waals surface area contributed by atoms with Gasteiger partial charge in [0.1, 0.15) is 5.82 Å². The van der Waals surface area contributed by atoms with E-state index in [4.69, 9.17) is 0 Å². The average Bonchev–Trinajstić information content (AvgIpc) is 3.02. The van der Waals surface area contributed by atoms with Gasteiger partial charge in [-0.1, -0.05) is 18.2 Å². The standard InChI is InChI=1S/C15H16FNO4S2/c1-21-15(18)9-13(14-3-2-8-22-14)17-23(19,20)10-11-4-6-12(16)7-5-11/h2-8,13,17H,9-10H2,1H3. The number of hydrogen-bond acceptors (Lipinski definition) is 5. The summed E-state index contributed by atoms with van der Waals surface area (Å²) in [6, 6.07) is 8.07. The largest absolute Gasteiger partial charge is 0.469 e. The highest BCUT2D eigenvalue weighted by Gasteiger charge is 2.23. The summed E-state index contributed by atoms with van der Waals surface area (Å²) in [4.78, 5) is 12.2. The van der Waals surface area contributed by atoms with Crippen LogP contribution in [0, 0.1) is 5.82 Å². The predicted octanol–water partition coefficient (Wildman–Crippen LogP) is 2.61. The van der Waals surface area contributed by atoms with Gasteiger partial charge in [0, 0.05) is 4.88 Å². The first kappa shape index (κ1) is 17.6. The summed E-state index contributed by atoms with van der Waals surface area (Å²) in [7, 11) is -2.45. The first-order chi connectivity index (χ1) is 10.9. The maximum absolute atomic E-state index is 12.9. The van der Waals surface area contributed by atoms with Crippen molar-refractivity contribution in [1.82, 2.24) is 4.72 Å². The highest BCUT2D eigenvalue weighted by molar-refractivity contribution is 7.88. The van der Waals surface area contributed by atoms with Crippen LogP contribution in [0.2, 0.25) is 0 Å². The lowest BCUT2D eigenvalue weighted by atomic mass is 10.2. The van der Waals surface area contributed by atoms with Crippen molar-refractivity contribution >= 4 is 27.3 Å². The van der Waals surface area contributed by atoms with Crippen LogP contribution in [0.4, 0.5) is 4.39 Å². The molecule has 1 aromatic heterocycles. The second-order valence-electron chi connectivity index (χ2n) is 4.85. The van der Waals surface area contributed by atoms with Crippen molar-refractivity contribution in [2.75, 3.05) is 7.11 Å². The third-order valence-corrected chi connectivity index (χ3v) is 5.42. The van der Waals surface area contributed by atoms with Crippen LogP contribution in [0.3, 0.4) is 0 Å². The molecule has 0 aliphatic rings. The summed E-state index contributed by atoms with van der Waals surface area (Å²) in [6.45, 7) is 0. The van der Waals surface area contributed by atoms with Crippen LogP contribution in [-0.4, -0.2) is 21.5 Å². The number of rotatable bonds is 7. The Morgan fingerprint density at radius 1 is 1.30 bits per heavy atom. The van der Waals surface area contributed by atoms with E-state index in [0.29, 0.717) is 5.56 Å². The summed E-state index contributed by atoms with van der Waals surface area (Å²) in [5, 5.41) is 1.80. The van der Waals surface area contributed by atoms with Gasteiger partial charge in [0.05, 0.1) is 25.3 Å². The molecular formula is C15H16FNO4S2. The van der Waals surface area contributed by atoms with Gasteiger partial charge in [-0.15, -0.1) is 11.3 Å². The lowest BCUT2D eigenvalue weighted by molar-refractivity contribution is -0.141. The van der Waals surface area contributed by atoms with Gasteiger partial charge in [-0.2, -0.15) is 0 Å². The molecule has 1 heterocycles. The molecule has 8 heteroatoms. The number of esters is 1. The van der Waals surface area contributed by atoms with Crippen LogP contribution >= 0.6 is 11.3 Å². The van der Waals surface area contributed by atoms with Gasteiger partial charge in [-0.3, -0.25) is 4.79 Å². The lowest BCUT2D eigenvalue weighted by Gasteiger charge is -2.16. The minimum absolute atomic E-state index is 0.0976. The number of carbonyl (C=O) groups excluding carboxylic acids is 1. The van der Waals surface area contributed by atoms with E-state index in [1.54, 1.807) is 17.5 Å². The summed E-state index contributed by atoms with van der Waals surface area (Å²) in [6.07, 6.45) is -0.0976. The van der Waals surface area contributed by atoms with Crippen molar-refractivity contribution in [3.8, 4) is 0 Å². The molecule has 1 N–H and O–H groups in total. The third kappa shape index (κ3) is 5.42. The van der Waals surface area contributed by atoms with Crippen molar-refractivity contribution < 1.29 is 22.3 Å². The van der Waals surface area contributed by atoms with Gasteiger partial charge in [0.15, 0.2) is 0 Å². The Balaban J connectivity index is 2.13. The van der Waals surface area contributed by atoms with Gasteiger partial charge in [0.2, 0.25) is 10.0 Å². The molecule has 2 aromatic rings. The number of carbonyl (C=O) groups is 1. The zero-order chi connectivity index (χ0) is 16.9. The van der Waals surface area contributed by atoms with Crippen LogP contribution in [0.5, 0.6) is 0 Å². The highest BCUT2D eigenvalue weighted by atomic mass is 32.2. The van der Waals surface area contributed by atoms with Gasteiger partial charge >= 0.3 is 5.97 Å². The molecule has 1 unspecified atom stereocenters. The van der Waals surface area contributed by atoms with E-state index in [0.717, 1.165) is 4.88 Å². The van der Waals surface area contributed by atoms with Crippen molar-refractivity contribution in [1.29, 1.82) is 0 Å². The molecule has 0 bridgehead atoms. The van der Waals surface area contributed by atoms with Crippen molar-refractivity contribution in [2.45, 2.75) is 18.2 Å². The fourth-order valence-electron chi connectivity index (χ4n) is 2.00. The molecular weight excluding hydrogens is 341 g/mol. The molecule has 5 nitrogen and oxygen atoms in total. The molecule has 0 aliphatic carbocycles. The predicted molar refractivity (Wildman–Crippen MR) is 85.9 cm³/mol. The average molecular weight is 357 g/mol. The SMILES string of the molecule is COC(=O)CC(NS(=O)(=O)Cc1ccc(F)cc1)c1cccs1. The monoisotopic (exact) mass is 357 g/mol. The topological polar surface area (TPSA) is 72.5 Å². The Kier molecular flexibility index (Phi) is 5.86. The highest BCUT2D eigenvalue weighted by Crippen LogP contribution is 2.24. The molecule has 1 atom stereocenters. The van der Waals surface area contributed by atoms with Crippen LogP contribution in [0.1, 0.15) is 22.9 Å². The summed E-state index contributed by atoms with van der Waals surface area (Å²) in [5.74, 6) is -1.23. The summed E-state index contributed by atoms with van der Waals surface area (Å²) >= 11 is 1.35. The molecule has 1 aromatic carbocycles. The molecule has 2 rings (SSSR count). The number of sulfonamides is 1. The number of halogens is 1. The fraction of sp³-hybridized carbons (Fsp3) is 0.267. The Morgan fingerprint density at radius 3 is 2.57 bits per heavy atom. The molecule has 0 spiro atoms. The number of methoxy groups -OCH3 is 1. The van der Waals surface area contributed by atoms with E-state index < -0.39 is 27.9 Å². The van der Waals surface area contributed by atoms with Gasteiger partial charge in [0.25, 0.3) is 0 Å². The number of thiophene rings is 1. The van der Waals surface area contributed by atoms with E-state index in [-0.39, 0.29) is 12.2 Å². The summed E-state index contributed by atoms with van der Waals surface area (Å²) < 4.78 is 44.6. The van der Waals surface area contributed by atoms with Crippen LogP contribution in [0.25, 0.3) is 0 Å². The van der Waals surface area contributed by atoms with E-state index in [1.807, 2.05) is 0 Å². The van der Waals surface area contributed by atoms with Crippen molar-refractivity contribution in [3.05, 3.63) is 58.0 Å². The Labute approximate surface area is 138 Å². The van der Waals surface area contributed by atoms with Crippen LogP contribution in [-0.2, 0) is 25.3 Å². The van der Waals surface area contributed by atoms with Gasteiger partial charge in [-0.25, -0.2) is 17.5 Å². The smallest absolute Gasteiger partial charge is 0.307 e. The van der Waals surface area contributed by atoms with E-state index in [2.05, 4.69) is 9.46 Å². The molecule has 0 fully saturated rings. The zero-order valence-corrected chi connectivity index (χ0v) is 14.0. The molecule has 0 saturated heterocycles. The zero-order valence-electron chi connectivity index (χ0n) is 12.4. The lowest BCUT2D eigenvalue weighted by Crippen LogP contribution is -2.31. The first-order valence-electron chi connectivity index (χ1n) is 6.74. The molecule has 124 valence electrons. The molecule has 0 aliphatic heterocycles. The number of hydrogen-bond donors (Lipinski definition) is 1. The minimum Gasteiger partial charge on any atom is -0.469 e. The third-order valence-electron chi connectivity index (χ3n) is 3.08. The Hall–Kier alpha value is -1.77. The van der Waals surface area contributed by atoms with E-state index >= 15 is 0 Å². The number of ether oxygens (including phenoxy) is 1. The van der Waals surface area contributed by atoms with Crippen molar-refractivity contribution in [3.63, 3.8) is 0 Å². The molecule has 0 amide bonds. The van der Waals surface area contributed by atoms with Crippen LogP contribution in [0.15, 0.2) is 41.8 Å². The van der Waals surface area contributed by atoms with E-state index in [9.17, 15) is 17.6 Å². The summed E-state index contributed by atoms with van der Waals surface area (Å²) in [5.41, 5.74) is 0.460. The van der Waals surface area contributed by atoms with E-state index in [1.165, 1.54) is 42.7 Å². The maximum atomic E-state index is 12.9. The van der Waals surface area contributed by atoms with Crippen molar-refractivity contribution in [2.24, 2.45) is 0 Å². The van der Waals surface area contributed by atoms with Gasteiger partial charge in [-0.05, 0) is 29.1 Å². The molecule has 0 radical (unpaired) electrons. The second kappa shape index (κ2) is 7.67. The fourth-order valence-corrected chi connectivity index (χ4v) is 4.21. The Morgan fingerprint density at radius 2 is 2.00 bits per heavy atom. The second-order valence-corrected chi connectivity index (χ2v) is 7.58. The maximum Gasteiger partial charge on any atom is 0.307 e. The number of benzene rings is 1. The minimum atomic E-state index is -3.70. The van der Waals surface area contributed by atoms with Crippen LogP contribution < -0.4 is 4.72 Å². The number of nitrogens with one attached hydrogen (secondary N) is 1. The Bertz CT molecular complexity index is 742.